The molecule has 1 unspecified atom stereocenters. The maximum absolute atomic E-state index is 6.14. The predicted octanol–water partition coefficient (Wildman–Crippen LogP) is 3.31. The van der Waals surface area contributed by atoms with Gasteiger partial charge in [0.1, 0.15) is 0 Å². The molecular formula is C18H30N2. The SMILES string of the molecule is CC(C)C1CCN(C(C)(CN)Cc2ccccc2)CC1. The minimum atomic E-state index is 0.100. The Bertz CT molecular complexity index is 393. The third-order valence-corrected chi connectivity index (χ3v) is 5.11. The summed E-state index contributed by atoms with van der Waals surface area (Å²) in [5, 5.41) is 0. The second-order valence-electron chi connectivity index (χ2n) is 6.93. The fourth-order valence-electron chi connectivity index (χ4n) is 3.45. The van der Waals surface area contributed by atoms with Gasteiger partial charge in [-0.15, -0.1) is 0 Å². The first-order chi connectivity index (χ1) is 9.55. The Balaban J connectivity index is 2.01. The third-order valence-electron chi connectivity index (χ3n) is 5.11. The first kappa shape index (κ1) is 15.5. The predicted molar refractivity (Wildman–Crippen MR) is 86.7 cm³/mol. The molecule has 1 aromatic rings. The zero-order chi connectivity index (χ0) is 14.6. The average Bonchev–Trinajstić information content (AvgIpc) is 2.48. The number of nitrogens with zero attached hydrogens (tertiary/aromatic N) is 1. The summed E-state index contributed by atoms with van der Waals surface area (Å²) in [5.74, 6) is 1.71. The molecule has 0 aromatic heterocycles. The fourth-order valence-corrected chi connectivity index (χ4v) is 3.45. The van der Waals surface area contributed by atoms with Gasteiger partial charge in [-0.2, -0.15) is 0 Å². The highest BCUT2D eigenvalue weighted by Gasteiger charge is 2.34. The summed E-state index contributed by atoms with van der Waals surface area (Å²) in [7, 11) is 0. The molecule has 2 rings (SSSR count). The molecule has 112 valence electrons. The van der Waals surface area contributed by atoms with Gasteiger partial charge in [0.25, 0.3) is 0 Å². The largest absolute Gasteiger partial charge is 0.329 e. The van der Waals surface area contributed by atoms with E-state index < -0.39 is 0 Å². The van der Waals surface area contributed by atoms with Crippen LogP contribution in [0.5, 0.6) is 0 Å². The van der Waals surface area contributed by atoms with Crippen molar-refractivity contribution in [2.45, 2.75) is 45.6 Å². The summed E-state index contributed by atoms with van der Waals surface area (Å²) in [6.07, 6.45) is 3.70. The van der Waals surface area contributed by atoms with Crippen LogP contribution in [0.25, 0.3) is 0 Å². The van der Waals surface area contributed by atoms with Crippen LogP contribution in [0.4, 0.5) is 0 Å². The average molecular weight is 274 g/mol. The Labute approximate surface area is 124 Å². The lowest BCUT2D eigenvalue weighted by Gasteiger charge is -2.45. The summed E-state index contributed by atoms with van der Waals surface area (Å²) < 4.78 is 0. The number of likely N-dealkylation sites (tertiary alicyclic amines) is 1. The number of piperidine rings is 1. The van der Waals surface area contributed by atoms with E-state index in [2.05, 4.69) is 56.0 Å². The van der Waals surface area contributed by atoms with Crippen LogP contribution in [0.15, 0.2) is 30.3 Å². The molecule has 1 aliphatic heterocycles. The van der Waals surface area contributed by atoms with Crippen LogP contribution in [0.2, 0.25) is 0 Å². The third kappa shape index (κ3) is 3.62. The van der Waals surface area contributed by atoms with Gasteiger partial charge in [-0.05, 0) is 56.7 Å². The van der Waals surface area contributed by atoms with Crippen molar-refractivity contribution in [3.8, 4) is 0 Å². The highest BCUT2D eigenvalue weighted by atomic mass is 15.2. The molecule has 1 aromatic carbocycles. The smallest absolute Gasteiger partial charge is 0.0343 e. The van der Waals surface area contributed by atoms with Crippen molar-refractivity contribution in [1.82, 2.24) is 4.90 Å². The van der Waals surface area contributed by atoms with Crippen LogP contribution < -0.4 is 5.73 Å². The van der Waals surface area contributed by atoms with Gasteiger partial charge in [0.2, 0.25) is 0 Å². The van der Waals surface area contributed by atoms with E-state index >= 15 is 0 Å². The zero-order valence-corrected chi connectivity index (χ0v) is 13.3. The molecule has 0 radical (unpaired) electrons. The molecule has 0 saturated carbocycles. The minimum absolute atomic E-state index is 0.100. The standard InChI is InChI=1S/C18H30N2/c1-15(2)17-9-11-20(12-10-17)18(3,14-19)13-16-7-5-4-6-8-16/h4-8,15,17H,9-14,19H2,1-3H3. The quantitative estimate of drug-likeness (QED) is 0.892. The number of rotatable bonds is 5. The van der Waals surface area contributed by atoms with E-state index in [1.807, 2.05) is 0 Å². The maximum Gasteiger partial charge on any atom is 0.0343 e. The van der Waals surface area contributed by atoms with E-state index in [4.69, 9.17) is 5.73 Å². The Morgan fingerprint density at radius 2 is 1.80 bits per heavy atom. The number of hydrogen-bond donors (Lipinski definition) is 1. The van der Waals surface area contributed by atoms with Gasteiger partial charge in [-0.1, -0.05) is 44.2 Å². The van der Waals surface area contributed by atoms with Crippen molar-refractivity contribution in [3.05, 3.63) is 35.9 Å². The van der Waals surface area contributed by atoms with Crippen LogP contribution in [0.1, 0.15) is 39.2 Å². The van der Waals surface area contributed by atoms with Crippen LogP contribution in [0.3, 0.4) is 0 Å². The van der Waals surface area contributed by atoms with Crippen molar-refractivity contribution in [2.75, 3.05) is 19.6 Å². The molecule has 1 atom stereocenters. The van der Waals surface area contributed by atoms with Gasteiger partial charge >= 0.3 is 0 Å². The lowest BCUT2D eigenvalue weighted by molar-refractivity contribution is 0.0574. The van der Waals surface area contributed by atoms with E-state index in [9.17, 15) is 0 Å². The summed E-state index contributed by atoms with van der Waals surface area (Å²) in [6, 6.07) is 10.8. The molecule has 1 heterocycles. The second-order valence-corrected chi connectivity index (χ2v) is 6.93. The lowest BCUT2D eigenvalue weighted by atomic mass is 9.83. The van der Waals surface area contributed by atoms with Crippen LogP contribution in [-0.2, 0) is 6.42 Å². The molecule has 0 bridgehead atoms. The molecule has 20 heavy (non-hydrogen) atoms. The molecule has 1 aliphatic rings. The van der Waals surface area contributed by atoms with Gasteiger partial charge in [0, 0.05) is 12.1 Å². The zero-order valence-electron chi connectivity index (χ0n) is 13.3. The Morgan fingerprint density at radius 3 is 2.30 bits per heavy atom. The first-order valence-electron chi connectivity index (χ1n) is 8.04. The van der Waals surface area contributed by atoms with Crippen molar-refractivity contribution in [2.24, 2.45) is 17.6 Å². The Morgan fingerprint density at radius 1 is 1.20 bits per heavy atom. The van der Waals surface area contributed by atoms with Crippen LogP contribution >= 0.6 is 0 Å². The number of benzene rings is 1. The van der Waals surface area contributed by atoms with Gasteiger partial charge in [-0.3, -0.25) is 4.90 Å². The molecule has 2 nitrogen and oxygen atoms in total. The van der Waals surface area contributed by atoms with Crippen LogP contribution in [0, 0.1) is 11.8 Å². The monoisotopic (exact) mass is 274 g/mol. The van der Waals surface area contributed by atoms with Crippen LogP contribution in [-0.4, -0.2) is 30.1 Å². The highest BCUT2D eigenvalue weighted by molar-refractivity contribution is 5.18. The second kappa shape index (κ2) is 6.73. The fraction of sp³-hybridized carbons (Fsp3) is 0.667. The lowest BCUT2D eigenvalue weighted by Crippen LogP contribution is -2.56. The van der Waals surface area contributed by atoms with E-state index in [0.717, 1.165) is 24.8 Å². The van der Waals surface area contributed by atoms with E-state index in [-0.39, 0.29) is 5.54 Å². The molecular weight excluding hydrogens is 244 g/mol. The molecule has 0 aliphatic carbocycles. The maximum atomic E-state index is 6.14. The summed E-state index contributed by atoms with van der Waals surface area (Å²) in [6.45, 7) is 10.2. The summed E-state index contributed by atoms with van der Waals surface area (Å²) >= 11 is 0. The van der Waals surface area contributed by atoms with Gasteiger partial charge < -0.3 is 5.73 Å². The molecule has 2 N–H and O–H groups in total. The Hall–Kier alpha value is -0.860. The number of nitrogens with two attached hydrogens (primary N) is 1. The number of hydrogen-bond acceptors (Lipinski definition) is 2. The summed E-state index contributed by atoms with van der Waals surface area (Å²) in [5.41, 5.74) is 7.63. The van der Waals surface area contributed by atoms with Gasteiger partial charge in [-0.25, -0.2) is 0 Å². The first-order valence-corrected chi connectivity index (χ1v) is 8.04. The van der Waals surface area contributed by atoms with Crippen molar-refractivity contribution in [1.29, 1.82) is 0 Å². The molecule has 1 saturated heterocycles. The minimum Gasteiger partial charge on any atom is -0.329 e. The summed E-state index contributed by atoms with van der Waals surface area (Å²) in [4.78, 5) is 2.62. The molecule has 0 amide bonds. The molecule has 2 heteroatoms. The van der Waals surface area contributed by atoms with Gasteiger partial charge in [0.05, 0.1) is 0 Å². The van der Waals surface area contributed by atoms with E-state index in [1.165, 1.54) is 31.5 Å². The van der Waals surface area contributed by atoms with Crippen molar-refractivity contribution >= 4 is 0 Å². The Kier molecular flexibility index (Phi) is 5.22. The van der Waals surface area contributed by atoms with E-state index in [1.54, 1.807) is 0 Å². The molecule has 0 spiro atoms. The topological polar surface area (TPSA) is 29.3 Å². The van der Waals surface area contributed by atoms with E-state index in [0.29, 0.717) is 0 Å². The highest BCUT2D eigenvalue weighted by Crippen LogP contribution is 2.30. The van der Waals surface area contributed by atoms with Crippen molar-refractivity contribution in [3.63, 3.8) is 0 Å². The molecule has 1 fully saturated rings. The normalized spacial score (nSPS) is 21.1. The van der Waals surface area contributed by atoms with Gasteiger partial charge in [0.15, 0.2) is 0 Å². The van der Waals surface area contributed by atoms with Crippen molar-refractivity contribution < 1.29 is 0 Å².